The number of carboxylic acid groups (broad SMARTS) is 1. The summed E-state index contributed by atoms with van der Waals surface area (Å²) in [6.07, 6.45) is 0.693. The number of aliphatic carboxylic acids is 1. The normalized spacial score (nSPS) is 17.9. The molecule has 0 aromatic heterocycles. The summed E-state index contributed by atoms with van der Waals surface area (Å²) in [7, 11) is 0. The fourth-order valence-corrected chi connectivity index (χ4v) is 2.76. The predicted octanol–water partition coefficient (Wildman–Crippen LogP) is 2.45. The van der Waals surface area contributed by atoms with Gasteiger partial charge in [-0.25, -0.2) is 4.79 Å². The van der Waals surface area contributed by atoms with Crippen LogP contribution in [0.5, 0.6) is 0 Å². The van der Waals surface area contributed by atoms with Gasteiger partial charge in [0.1, 0.15) is 0 Å². The zero-order valence-corrected chi connectivity index (χ0v) is 11.9. The second-order valence-corrected chi connectivity index (χ2v) is 5.49. The molecule has 20 heavy (non-hydrogen) atoms. The van der Waals surface area contributed by atoms with Crippen molar-refractivity contribution in [2.24, 2.45) is 11.8 Å². The van der Waals surface area contributed by atoms with Gasteiger partial charge in [0.05, 0.1) is 11.3 Å². The molecule has 1 aliphatic rings. The zero-order chi connectivity index (χ0) is 14.9. The Kier molecular flexibility index (Phi) is 3.93. The molecule has 0 bridgehead atoms. The summed E-state index contributed by atoms with van der Waals surface area (Å²) < 4.78 is 0. The third-order valence-corrected chi connectivity index (χ3v) is 3.70. The number of fused-ring (bicyclic) bond motifs is 1. The number of hydrogen-bond donors (Lipinski definition) is 2. The Balaban J connectivity index is 2.66. The van der Waals surface area contributed by atoms with Crippen LogP contribution in [0.2, 0.25) is 0 Å². The lowest BCUT2D eigenvalue weighted by molar-refractivity contribution is -0.133. The van der Waals surface area contributed by atoms with E-state index < -0.39 is 5.97 Å². The lowest BCUT2D eigenvalue weighted by Gasteiger charge is -2.30. The Hall–Kier alpha value is -2.10. The molecule has 0 heterocycles. The molecular weight excluding hydrogens is 254 g/mol. The van der Waals surface area contributed by atoms with E-state index in [2.05, 4.69) is 5.32 Å². The molecule has 1 amide bonds. The molecule has 0 saturated heterocycles. The van der Waals surface area contributed by atoms with Gasteiger partial charge < -0.3 is 10.4 Å². The maximum Gasteiger partial charge on any atom is 0.334 e. The first-order valence-corrected chi connectivity index (χ1v) is 6.75. The second kappa shape index (κ2) is 5.49. The first-order valence-electron chi connectivity index (χ1n) is 6.75. The van der Waals surface area contributed by atoms with Gasteiger partial charge in [-0.2, -0.15) is 0 Å². The molecule has 1 atom stereocenters. The van der Waals surface area contributed by atoms with Crippen molar-refractivity contribution in [2.75, 3.05) is 0 Å². The molecule has 0 radical (unpaired) electrons. The van der Waals surface area contributed by atoms with Gasteiger partial charge in [0.2, 0.25) is 5.91 Å². The fourth-order valence-electron chi connectivity index (χ4n) is 2.76. The molecule has 2 N–H and O–H groups in total. The van der Waals surface area contributed by atoms with Crippen molar-refractivity contribution in [3.05, 3.63) is 41.0 Å². The van der Waals surface area contributed by atoms with Gasteiger partial charge in [0.15, 0.2) is 0 Å². The van der Waals surface area contributed by atoms with Crippen molar-refractivity contribution < 1.29 is 14.7 Å². The van der Waals surface area contributed by atoms with E-state index in [4.69, 9.17) is 0 Å². The minimum atomic E-state index is -0.957. The van der Waals surface area contributed by atoms with E-state index in [1.807, 2.05) is 38.1 Å². The summed E-state index contributed by atoms with van der Waals surface area (Å²) in [5, 5.41) is 12.3. The maximum absolute atomic E-state index is 11.7. The van der Waals surface area contributed by atoms with Gasteiger partial charge >= 0.3 is 5.97 Å². The highest BCUT2D eigenvalue weighted by Gasteiger charge is 2.33. The number of amides is 1. The Bertz CT molecular complexity index is 587. The predicted molar refractivity (Wildman–Crippen MR) is 76.8 cm³/mol. The monoisotopic (exact) mass is 273 g/mol. The lowest BCUT2D eigenvalue weighted by atomic mass is 9.76. The van der Waals surface area contributed by atoms with Gasteiger partial charge in [-0.3, -0.25) is 4.79 Å². The molecule has 1 aliphatic carbocycles. The van der Waals surface area contributed by atoms with Crippen LogP contribution in [0.15, 0.2) is 29.8 Å². The van der Waals surface area contributed by atoms with E-state index in [0.29, 0.717) is 17.7 Å². The molecule has 0 fully saturated rings. The van der Waals surface area contributed by atoms with Crippen LogP contribution in [-0.2, 0) is 16.0 Å². The van der Waals surface area contributed by atoms with Gasteiger partial charge in [0.25, 0.3) is 0 Å². The van der Waals surface area contributed by atoms with Crippen molar-refractivity contribution >= 4 is 17.6 Å². The Morgan fingerprint density at radius 3 is 2.50 bits per heavy atom. The molecule has 4 nitrogen and oxygen atoms in total. The molecule has 0 spiro atoms. The second-order valence-electron chi connectivity index (χ2n) is 5.49. The Morgan fingerprint density at radius 2 is 1.95 bits per heavy atom. The molecule has 106 valence electrons. The number of carbonyl (C=O) groups excluding carboxylic acids is 1. The minimum Gasteiger partial charge on any atom is -0.478 e. The van der Waals surface area contributed by atoms with Crippen molar-refractivity contribution in [1.82, 2.24) is 5.32 Å². The largest absolute Gasteiger partial charge is 0.478 e. The average molecular weight is 273 g/mol. The van der Waals surface area contributed by atoms with Gasteiger partial charge in [-0.1, -0.05) is 38.1 Å². The summed E-state index contributed by atoms with van der Waals surface area (Å²) in [4.78, 5) is 23.1. The number of nitrogens with one attached hydrogen (secondary N) is 1. The van der Waals surface area contributed by atoms with Crippen LogP contribution in [0.25, 0.3) is 5.70 Å². The third kappa shape index (κ3) is 2.59. The van der Waals surface area contributed by atoms with Crippen LogP contribution in [0.3, 0.4) is 0 Å². The fraction of sp³-hybridized carbons (Fsp3) is 0.375. The van der Waals surface area contributed by atoms with Crippen LogP contribution in [0, 0.1) is 11.8 Å². The minimum absolute atomic E-state index is 0.0933. The quantitative estimate of drug-likeness (QED) is 0.889. The first-order chi connectivity index (χ1) is 9.41. The molecule has 1 aromatic carbocycles. The topological polar surface area (TPSA) is 66.4 Å². The molecule has 2 rings (SSSR count). The molecule has 0 saturated carbocycles. The van der Waals surface area contributed by atoms with E-state index in [0.717, 1.165) is 11.1 Å². The highest BCUT2D eigenvalue weighted by Crippen LogP contribution is 2.37. The van der Waals surface area contributed by atoms with Crippen LogP contribution in [0.1, 0.15) is 31.9 Å². The standard InChI is InChI=1S/C16H19NO3/c1-9(2)13-8-11-6-4-5-7-12(11)15(17-10(3)18)14(13)16(19)20/h4-7,9,13H,8H2,1-3H3,(H,17,18)(H,19,20)/t13-/m1/s1. The van der Waals surface area contributed by atoms with Gasteiger partial charge in [0, 0.05) is 12.5 Å². The van der Waals surface area contributed by atoms with E-state index >= 15 is 0 Å². The summed E-state index contributed by atoms with van der Waals surface area (Å²) in [6.45, 7) is 5.41. The summed E-state index contributed by atoms with van der Waals surface area (Å²) >= 11 is 0. The van der Waals surface area contributed by atoms with E-state index in [1.54, 1.807) is 0 Å². The Labute approximate surface area is 118 Å². The molecular formula is C16H19NO3. The SMILES string of the molecule is CC(=O)NC1=C(C(=O)O)[C@@H](C(C)C)Cc2ccccc21. The maximum atomic E-state index is 11.7. The number of benzene rings is 1. The van der Waals surface area contributed by atoms with Crippen molar-refractivity contribution in [3.8, 4) is 0 Å². The van der Waals surface area contributed by atoms with Gasteiger partial charge in [-0.15, -0.1) is 0 Å². The Morgan fingerprint density at radius 1 is 1.30 bits per heavy atom. The van der Waals surface area contributed by atoms with Crippen LogP contribution < -0.4 is 5.32 Å². The molecule has 4 heteroatoms. The summed E-state index contributed by atoms with van der Waals surface area (Å²) in [5.41, 5.74) is 2.66. The van der Waals surface area contributed by atoms with Crippen LogP contribution in [0.4, 0.5) is 0 Å². The molecule has 1 aromatic rings. The number of rotatable bonds is 3. The van der Waals surface area contributed by atoms with Crippen LogP contribution >= 0.6 is 0 Å². The van der Waals surface area contributed by atoms with E-state index in [9.17, 15) is 14.7 Å². The van der Waals surface area contributed by atoms with E-state index in [1.165, 1.54) is 6.92 Å². The highest BCUT2D eigenvalue weighted by atomic mass is 16.4. The van der Waals surface area contributed by atoms with E-state index in [-0.39, 0.29) is 17.7 Å². The first kappa shape index (κ1) is 14.3. The van der Waals surface area contributed by atoms with Crippen LogP contribution in [-0.4, -0.2) is 17.0 Å². The summed E-state index contributed by atoms with van der Waals surface area (Å²) in [5.74, 6) is -1.11. The molecule has 0 unspecified atom stereocenters. The molecule has 0 aliphatic heterocycles. The average Bonchev–Trinajstić information content (AvgIpc) is 2.37. The summed E-state index contributed by atoms with van der Waals surface area (Å²) in [6, 6.07) is 7.65. The van der Waals surface area contributed by atoms with Gasteiger partial charge in [-0.05, 0) is 23.8 Å². The van der Waals surface area contributed by atoms with Crippen molar-refractivity contribution in [3.63, 3.8) is 0 Å². The van der Waals surface area contributed by atoms with Crippen molar-refractivity contribution in [2.45, 2.75) is 27.2 Å². The number of hydrogen-bond acceptors (Lipinski definition) is 2. The third-order valence-electron chi connectivity index (χ3n) is 3.70. The smallest absolute Gasteiger partial charge is 0.334 e. The number of carboxylic acids is 1. The number of carbonyl (C=O) groups is 2. The zero-order valence-electron chi connectivity index (χ0n) is 11.9. The highest BCUT2D eigenvalue weighted by molar-refractivity contribution is 6.01. The van der Waals surface area contributed by atoms with Crippen molar-refractivity contribution in [1.29, 1.82) is 0 Å². The lowest BCUT2D eigenvalue weighted by Crippen LogP contribution is -2.32.